The second-order valence-electron chi connectivity index (χ2n) is 8.37. The lowest BCUT2D eigenvalue weighted by molar-refractivity contribution is 0.449. The molecule has 1 aliphatic carbocycles. The van der Waals surface area contributed by atoms with Crippen LogP contribution in [0.3, 0.4) is 0 Å². The summed E-state index contributed by atoms with van der Waals surface area (Å²) in [7, 11) is 0. The number of anilines is 2. The van der Waals surface area contributed by atoms with Gasteiger partial charge in [-0.05, 0) is 43.0 Å². The average Bonchev–Trinajstić information content (AvgIpc) is 3.50. The van der Waals surface area contributed by atoms with Gasteiger partial charge in [0.05, 0.1) is 17.0 Å². The first kappa shape index (κ1) is 19.7. The van der Waals surface area contributed by atoms with Crippen LogP contribution >= 0.6 is 0 Å². The van der Waals surface area contributed by atoms with Crippen molar-refractivity contribution in [1.29, 1.82) is 0 Å². The van der Waals surface area contributed by atoms with E-state index >= 15 is 0 Å². The van der Waals surface area contributed by atoms with Gasteiger partial charge in [-0.15, -0.1) is 10.2 Å². The van der Waals surface area contributed by atoms with E-state index in [1.165, 1.54) is 12.1 Å². The number of benzene rings is 1. The molecule has 168 valence electrons. The molecule has 0 atom stereocenters. The molecule has 6 rings (SSSR count). The summed E-state index contributed by atoms with van der Waals surface area (Å²) in [6, 6.07) is 2.93. The number of aryl methyl sites for hydroxylation is 1. The highest BCUT2D eigenvalue weighted by Gasteiger charge is 2.33. The Labute approximate surface area is 186 Å². The molecular weight excluding hydrogens is 432 g/mol. The lowest BCUT2D eigenvalue weighted by Crippen LogP contribution is -2.45. The molecule has 0 amide bonds. The summed E-state index contributed by atoms with van der Waals surface area (Å²) < 4.78 is 32.8. The van der Waals surface area contributed by atoms with Crippen LogP contribution in [0.5, 0.6) is 0 Å². The van der Waals surface area contributed by atoms with Crippen molar-refractivity contribution in [3.8, 4) is 11.5 Å². The zero-order chi connectivity index (χ0) is 22.5. The summed E-state index contributed by atoms with van der Waals surface area (Å²) in [6.45, 7) is 3.29. The van der Waals surface area contributed by atoms with Crippen molar-refractivity contribution in [3.63, 3.8) is 0 Å². The Morgan fingerprint density at radius 1 is 1.09 bits per heavy atom. The molecule has 4 aromatic rings. The highest BCUT2D eigenvalue weighted by molar-refractivity contribution is 5.57. The molecule has 12 heteroatoms. The number of aromatic amines is 1. The Kier molecular flexibility index (Phi) is 4.52. The van der Waals surface area contributed by atoms with Gasteiger partial charge in [-0.3, -0.25) is 5.10 Å². The van der Waals surface area contributed by atoms with Gasteiger partial charge in [0.2, 0.25) is 5.95 Å². The lowest BCUT2D eigenvalue weighted by Gasteiger charge is -2.36. The van der Waals surface area contributed by atoms with Crippen molar-refractivity contribution < 1.29 is 13.2 Å². The van der Waals surface area contributed by atoms with Gasteiger partial charge in [-0.1, -0.05) is 10.3 Å². The molecule has 0 unspecified atom stereocenters. The fourth-order valence-electron chi connectivity index (χ4n) is 4.33. The van der Waals surface area contributed by atoms with E-state index in [0.29, 0.717) is 42.0 Å². The minimum absolute atomic E-state index is 0.0365. The van der Waals surface area contributed by atoms with Gasteiger partial charge in [0, 0.05) is 37.4 Å². The van der Waals surface area contributed by atoms with Crippen LogP contribution in [0, 0.1) is 18.6 Å². The molecular formula is C21H19F2N9O. The van der Waals surface area contributed by atoms with E-state index < -0.39 is 11.6 Å². The average molecular weight is 451 g/mol. The summed E-state index contributed by atoms with van der Waals surface area (Å²) in [6.07, 6.45) is 4.58. The zero-order valence-corrected chi connectivity index (χ0v) is 17.6. The highest BCUT2D eigenvalue weighted by atomic mass is 19.2. The molecule has 33 heavy (non-hydrogen) atoms. The number of hydrogen-bond donors (Lipinski definition) is 2. The van der Waals surface area contributed by atoms with Crippen LogP contribution in [0.2, 0.25) is 0 Å². The van der Waals surface area contributed by atoms with Crippen LogP contribution in [-0.2, 0) is 12.8 Å². The number of halogens is 2. The fourth-order valence-corrected chi connectivity index (χ4v) is 4.33. The molecule has 1 aromatic carbocycles. The maximum atomic E-state index is 13.5. The first-order chi connectivity index (χ1) is 16.0. The second kappa shape index (κ2) is 7.57. The highest BCUT2D eigenvalue weighted by Crippen LogP contribution is 2.32. The number of hydrogen-bond acceptors (Lipinski definition) is 9. The summed E-state index contributed by atoms with van der Waals surface area (Å²) in [4.78, 5) is 10.9. The fraction of sp³-hybridized carbons (Fsp3) is 0.333. The van der Waals surface area contributed by atoms with Gasteiger partial charge in [0.15, 0.2) is 11.6 Å². The molecule has 4 heterocycles. The summed E-state index contributed by atoms with van der Waals surface area (Å²) in [5.41, 5.74) is 3.84. The van der Waals surface area contributed by atoms with Crippen molar-refractivity contribution in [3.05, 3.63) is 58.7 Å². The standard InChI is InChI=1S/C21H19F2N9O/c1-10-15(19-29-30-21(33-19)32-8-13(9-32)18-7-25-31-28-18)6-24-20(26-10)27-14-2-11-4-16(22)17(23)5-12(11)3-14/h4-7,13-14H,2-3,8-9H2,1H3,(H,24,26,27)(H,25,28,31). The maximum Gasteiger partial charge on any atom is 0.318 e. The van der Waals surface area contributed by atoms with E-state index in [9.17, 15) is 8.78 Å². The summed E-state index contributed by atoms with van der Waals surface area (Å²) in [5, 5.41) is 22.0. The van der Waals surface area contributed by atoms with E-state index in [1.54, 1.807) is 12.4 Å². The molecule has 0 radical (unpaired) electrons. The van der Waals surface area contributed by atoms with E-state index in [1.807, 2.05) is 11.8 Å². The topological polar surface area (TPSA) is 122 Å². The van der Waals surface area contributed by atoms with Crippen LogP contribution in [0.4, 0.5) is 20.7 Å². The third-order valence-electron chi connectivity index (χ3n) is 6.14. The van der Waals surface area contributed by atoms with Crippen LogP contribution in [0.1, 0.15) is 28.4 Å². The number of aromatic nitrogens is 7. The van der Waals surface area contributed by atoms with Crippen molar-refractivity contribution in [1.82, 2.24) is 35.6 Å². The first-order valence-corrected chi connectivity index (χ1v) is 10.6. The number of H-pyrrole nitrogens is 1. The minimum atomic E-state index is -0.823. The van der Waals surface area contributed by atoms with Crippen molar-refractivity contribution in [2.75, 3.05) is 23.3 Å². The quantitative estimate of drug-likeness (QED) is 0.471. The molecule has 2 aliphatic rings. The monoisotopic (exact) mass is 451 g/mol. The number of nitrogens with one attached hydrogen (secondary N) is 2. The Morgan fingerprint density at radius 2 is 1.85 bits per heavy atom. The van der Waals surface area contributed by atoms with Gasteiger partial charge >= 0.3 is 6.01 Å². The van der Waals surface area contributed by atoms with E-state index in [0.717, 1.165) is 29.9 Å². The molecule has 0 bridgehead atoms. The molecule has 1 aliphatic heterocycles. The normalized spacial score (nSPS) is 16.2. The largest absolute Gasteiger partial charge is 0.403 e. The molecule has 0 saturated carbocycles. The van der Waals surface area contributed by atoms with Gasteiger partial charge in [0.1, 0.15) is 0 Å². The van der Waals surface area contributed by atoms with Gasteiger partial charge in [0.25, 0.3) is 5.89 Å². The molecule has 10 nitrogen and oxygen atoms in total. The predicted molar refractivity (Wildman–Crippen MR) is 113 cm³/mol. The van der Waals surface area contributed by atoms with Gasteiger partial charge in [-0.25, -0.2) is 18.7 Å². The van der Waals surface area contributed by atoms with E-state index in [2.05, 4.69) is 40.9 Å². The third kappa shape index (κ3) is 3.56. The molecule has 3 aromatic heterocycles. The zero-order valence-electron chi connectivity index (χ0n) is 17.6. The van der Waals surface area contributed by atoms with Crippen molar-refractivity contribution >= 4 is 12.0 Å². The van der Waals surface area contributed by atoms with E-state index in [4.69, 9.17) is 4.42 Å². The third-order valence-corrected chi connectivity index (χ3v) is 6.14. The first-order valence-electron chi connectivity index (χ1n) is 10.6. The molecule has 2 N–H and O–H groups in total. The maximum absolute atomic E-state index is 13.5. The second-order valence-corrected chi connectivity index (χ2v) is 8.37. The molecule has 1 fully saturated rings. The Balaban J connectivity index is 1.12. The Hall–Kier alpha value is -3.96. The van der Waals surface area contributed by atoms with E-state index in [-0.39, 0.29) is 12.0 Å². The van der Waals surface area contributed by atoms with Gasteiger partial charge in [-0.2, -0.15) is 0 Å². The lowest BCUT2D eigenvalue weighted by atomic mass is 9.98. The van der Waals surface area contributed by atoms with Crippen molar-refractivity contribution in [2.24, 2.45) is 0 Å². The Bertz CT molecular complexity index is 1290. The molecule has 0 spiro atoms. The minimum Gasteiger partial charge on any atom is -0.403 e. The van der Waals surface area contributed by atoms with Crippen LogP contribution in [-0.4, -0.2) is 54.7 Å². The van der Waals surface area contributed by atoms with Crippen LogP contribution in [0.15, 0.2) is 28.9 Å². The van der Waals surface area contributed by atoms with Crippen molar-refractivity contribution in [2.45, 2.75) is 31.7 Å². The molecule has 1 saturated heterocycles. The van der Waals surface area contributed by atoms with Crippen LogP contribution < -0.4 is 10.2 Å². The number of nitrogens with zero attached hydrogens (tertiary/aromatic N) is 7. The number of rotatable bonds is 5. The van der Waals surface area contributed by atoms with Gasteiger partial charge < -0.3 is 14.6 Å². The van der Waals surface area contributed by atoms with Crippen LogP contribution in [0.25, 0.3) is 11.5 Å². The summed E-state index contributed by atoms with van der Waals surface area (Å²) in [5.74, 6) is -0.580. The Morgan fingerprint density at radius 3 is 2.52 bits per heavy atom. The number of fused-ring (bicyclic) bond motifs is 1. The SMILES string of the molecule is Cc1nc(NC2Cc3cc(F)c(F)cc3C2)ncc1-c1nnc(N2CC(c3c[nH]nn3)C2)o1. The summed E-state index contributed by atoms with van der Waals surface area (Å²) >= 11 is 0. The smallest absolute Gasteiger partial charge is 0.318 e. The predicted octanol–water partition coefficient (Wildman–Crippen LogP) is 2.41.